The SMILES string of the molecule is CC(C)(C)S(=O)(=O)N[C@@](C)(CCc1ccccc1F)CC(=O)O. The van der Waals surface area contributed by atoms with Gasteiger partial charge in [0.15, 0.2) is 0 Å². The number of rotatable bonds is 7. The normalized spacial score (nSPS) is 15.2. The van der Waals surface area contributed by atoms with Gasteiger partial charge >= 0.3 is 5.97 Å². The number of aryl methyl sites for hydroxylation is 1. The summed E-state index contributed by atoms with van der Waals surface area (Å²) in [4.78, 5) is 11.1. The minimum atomic E-state index is -3.72. The molecular formula is C16H24FNO4S. The van der Waals surface area contributed by atoms with Crippen LogP contribution >= 0.6 is 0 Å². The summed E-state index contributed by atoms with van der Waals surface area (Å²) in [5.41, 5.74) is -0.765. The highest BCUT2D eigenvalue weighted by atomic mass is 32.2. The molecule has 0 amide bonds. The van der Waals surface area contributed by atoms with Crippen molar-refractivity contribution in [3.05, 3.63) is 35.6 Å². The summed E-state index contributed by atoms with van der Waals surface area (Å²) in [6, 6.07) is 6.18. The third-order valence-electron chi connectivity index (χ3n) is 3.63. The lowest BCUT2D eigenvalue weighted by molar-refractivity contribution is -0.138. The number of hydrogen-bond donors (Lipinski definition) is 2. The number of carboxylic acids is 1. The highest BCUT2D eigenvalue weighted by molar-refractivity contribution is 7.90. The Morgan fingerprint density at radius 2 is 1.78 bits per heavy atom. The summed E-state index contributed by atoms with van der Waals surface area (Å²) in [6.07, 6.45) is 0.0371. The van der Waals surface area contributed by atoms with E-state index in [0.717, 1.165) is 0 Å². The Hall–Kier alpha value is -1.47. The summed E-state index contributed by atoms with van der Waals surface area (Å²) in [6.45, 7) is 6.14. The van der Waals surface area contributed by atoms with Crippen LogP contribution in [0.5, 0.6) is 0 Å². The fraction of sp³-hybridized carbons (Fsp3) is 0.562. The van der Waals surface area contributed by atoms with E-state index in [9.17, 15) is 17.6 Å². The van der Waals surface area contributed by atoms with Crippen LogP contribution in [0.2, 0.25) is 0 Å². The fourth-order valence-corrected chi connectivity index (χ4v) is 3.23. The zero-order valence-corrected chi connectivity index (χ0v) is 14.7. The monoisotopic (exact) mass is 345 g/mol. The quantitative estimate of drug-likeness (QED) is 0.796. The smallest absolute Gasteiger partial charge is 0.305 e. The lowest BCUT2D eigenvalue weighted by Gasteiger charge is -2.33. The molecule has 0 aliphatic rings. The van der Waals surface area contributed by atoms with Gasteiger partial charge < -0.3 is 5.11 Å². The van der Waals surface area contributed by atoms with E-state index in [-0.39, 0.29) is 25.1 Å². The number of sulfonamides is 1. The van der Waals surface area contributed by atoms with Crippen molar-refractivity contribution in [2.45, 2.75) is 57.2 Å². The van der Waals surface area contributed by atoms with Crippen molar-refractivity contribution in [3.8, 4) is 0 Å². The summed E-state index contributed by atoms with van der Waals surface area (Å²) in [7, 11) is -3.72. The van der Waals surface area contributed by atoms with Gasteiger partial charge in [-0.25, -0.2) is 17.5 Å². The maximum Gasteiger partial charge on any atom is 0.305 e. The van der Waals surface area contributed by atoms with E-state index in [0.29, 0.717) is 5.56 Å². The largest absolute Gasteiger partial charge is 0.481 e. The molecule has 0 aliphatic heterocycles. The number of carboxylic acid groups (broad SMARTS) is 1. The van der Waals surface area contributed by atoms with Crippen molar-refractivity contribution in [3.63, 3.8) is 0 Å². The summed E-state index contributed by atoms with van der Waals surface area (Å²) in [5, 5.41) is 9.09. The van der Waals surface area contributed by atoms with Crippen LogP contribution in [0.3, 0.4) is 0 Å². The zero-order chi connectivity index (χ0) is 17.9. The summed E-state index contributed by atoms with van der Waals surface area (Å²) < 4.78 is 39.8. The average molecular weight is 345 g/mol. The third kappa shape index (κ3) is 5.58. The number of carbonyl (C=O) groups is 1. The molecule has 1 atom stereocenters. The van der Waals surface area contributed by atoms with Crippen molar-refractivity contribution in [2.24, 2.45) is 0 Å². The molecule has 2 N–H and O–H groups in total. The van der Waals surface area contributed by atoms with E-state index in [2.05, 4.69) is 4.72 Å². The van der Waals surface area contributed by atoms with Gasteiger partial charge in [0.2, 0.25) is 10.0 Å². The van der Waals surface area contributed by atoms with Gasteiger partial charge in [-0.1, -0.05) is 18.2 Å². The van der Waals surface area contributed by atoms with E-state index >= 15 is 0 Å². The number of hydrogen-bond acceptors (Lipinski definition) is 3. The molecule has 130 valence electrons. The lowest BCUT2D eigenvalue weighted by Crippen LogP contribution is -2.52. The number of halogens is 1. The standard InChI is InChI=1S/C16H24FNO4S/c1-15(2,3)23(21,22)18-16(4,11-14(19)20)10-9-12-7-5-6-8-13(12)17/h5-8,18H,9-11H2,1-4H3,(H,19,20)/t16-/m0/s1. The lowest BCUT2D eigenvalue weighted by atomic mass is 9.91. The van der Waals surface area contributed by atoms with Crippen molar-refractivity contribution in [1.29, 1.82) is 0 Å². The predicted molar refractivity (Wildman–Crippen MR) is 87.2 cm³/mol. The van der Waals surface area contributed by atoms with Crippen molar-refractivity contribution >= 4 is 16.0 Å². The molecule has 1 aromatic rings. The van der Waals surface area contributed by atoms with Crippen molar-refractivity contribution < 1.29 is 22.7 Å². The van der Waals surface area contributed by atoms with Gasteiger partial charge in [-0.2, -0.15) is 0 Å². The van der Waals surface area contributed by atoms with Crippen LogP contribution in [0.1, 0.15) is 46.1 Å². The van der Waals surface area contributed by atoms with Gasteiger partial charge in [0.1, 0.15) is 5.82 Å². The van der Waals surface area contributed by atoms with Crippen LogP contribution in [0.25, 0.3) is 0 Å². The Kier molecular flexibility index (Phi) is 5.93. The minimum absolute atomic E-state index is 0.176. The fourth-order valence-electron chi connectivity index (χ4n) is 2.10. The molecule has 0 saturated heterocycles. The Labute approximate surface area is 137 Å². The Morgan fingerprint density at radius 3 is 2.26 bits per heavy atom. The molecule has 0 saturated carbocycles. The number of benzene rings is 1. The third-order valence-corrected chi connectivity index (χ3v) is 6.01. The molecule has 0 aliphatic carbocycles. The predicted octanol–water partition coefficient (Wildman–Crippen LogP) is 2.71. The number of nitrogens with one attached hydrogen (secondary N) is 1. The van der Waals surface area contributed by atoms with Gasteiger partial charge in [0.25, 0.3) is 0 Å². The van der Waals surface area contributed by atoms with Crippen molar-refractivity contribution in [1.82, 2.24) is 4.72 Å². The topological polar surface area (TPSA) is 83.5 Å². The Balaban J connectivity index is 2.99. The van der Waals surface area contributed by atoms with Crippen LogP contribution in [-0.4, -0.2) is 29.8 Å². The highest BCUT2D eigenvalue weighted by Crippen LogP contribution is 2.24. The van der Waals surface area contributed by atoms with E-state index in [1.807, 2.05) is 0 Å². The molecular weight excluding hydrogens is 321 g/mol. The first-order valence-electron chi connectivity index (χ1n) is 7.35. The molecule has 1 aromatic carbocycles. The van der Waals surface area contributed by atoms with Gasteiger partial charge in [-0.15, -0.1) is 0 Å². The molecule has 0 bridgehead atoms. The van der Waals surface area contributed by atoms with E-state index in [4.69, 9.17) is 5.11 Å². The molecule has 0 fully saturated rings. The van der Waals surface area contributed by atoms with Gasteiger partial charge in [0, 0.05) is 5.54 Å². The first-order chi connectivity index (χ1) is 10.4. The van der Waals surface area contributed by atoms with Crippen molar-refractivity contribution in [2.75, 3.05) is 0 Å². The van der Waals surface area contributed by atoms with E-state index in [1.165, 1.54) is 33.8 Å². The Bertz CT molecular complexity index is 667. The molecule has 0 spiro atoms. The summed E-state index contributed by atoms with van der Waals surface area (Å²) in [5.74, 6) is -1.50. The van der Waals surface area contributed by atoms with Crippen LogP contribution in [0, 0.1) is 5.82 Å². The van der Waals surface area contributed by atoms with Crippen LogP contribution < -0.4 is 4.72 Å². The van der Waals surface area contributed by atoms with Gasteiger partial charge in [0.05, 0.1) is 11.2 Å². The molecule has 7 heteroatoms. The molecule has 0 radical (unpaired) electrons. The zero-order valence-electron chi connectivity index (χ0n) is 13.9. The maximum atomic E-state index is 13.7. The molecule has 0 heterocycles. The van der Waals surface area contributed by atoms with Gasteiger partial charge in [-0.05, 0) is 52.2 Å². The average Bonchev–Trinajstić information content (AvgIpc) is 2.34. The van der Waals surface area contributed by atoms with E-state index in [1.54, 1.807) is 18.2 Å². The molecule has 23 heavy (non-hydrogen) atoms. The molecule has 0 unspecified atom stereocenters. The maximum absolute atomic E-state index is 13.7. The second-order valence-corrected chi connectivity index (χ2v) is 9.38. The van der Waals surface area contributed by atoms with Crippen LogP contribution in [-0.2, 0) is 21.2 Å². The second kappa shape index (κ2) is 6.97. The number of aliphatic carboxylic acids is 1. The highest BCUT2D eigenvalue weighted by Gasteiger charge is 2.38. The molecule has 1 rings (SSSR count). The first kappa shape index (κ1) is 19.6. The first-order valence-corrected chi connectivity index (χ1v) is 8.83. The molecule has 0 aromatic heterocycles. The molecule has 5 nitrogen and oxygen atoms in total. The van der Waals surface area contributed by atoms with Crippen LogP contribution in [0.15, 0.2) is 24.3 Å². The minimum Gasteiger partial charge on any atom is -0.481 e. The van der Waals surface area contributed by atoms with Crippen LogP contribution in [0.4, 0.5) is 4.39 Å². The summed E-state index contributed by atoms with van der Waals surface area (Å²) >= 11 is 0. The van der Waals surface area contributed by atoms with Gasteiger partial charge in [-0.3, -0.25) is 4.79 Å². The Morgan fingerprint density at radius 1 is 1.22 bits per heavy atom. The second-order valence-electron chi connectivity index (χ2n) is 6.94. The van der Waals surface area contributed by atoms with E-state index < -0.39 is 26.3 Å².